The average Bonchev–Trinajstić information content (AvgIpc) is 2.64. The van der Waals surface area contributed by atoms with Crippen molar-refractivity contribution in [3.05, 3.63) is 41.3 Å². The molecule has 0 atom stereocenters. The van der Waals surface area contributed by atoms with E-state index >= 15 is 0 Å². The Bertz CT molecular complexity index is 585. The number of nitrogens with two attached hydrogens (primary N) is 1. The summed E-state index contributed by atoms with van der Waals surface area (Å²) in [5.41, 5.74) is 8.40. The zero-order valence-corrected chi connectivity index (χ0v) is 12.4. The van der Waals surface area contributed by atoms with Crippen LogP contribution in [-0.2, 0) is 5.41 Å². The molecule has 0 aliphatic heterocycles. The lowest BCUT2D eigenvalue weighted by molar-refractivity contribution is 0.559. The van der Waals surface area contributed by atoms with Gasteiger partial charge in [0.1, 0.15) is 11.6 Å². The molecule has 5 heteroatoms. The van der Waals surface area contributed by atoms with Gasteiger partial charge >= 0.3 is 0 Å². The van der Waals surface area contributed by atoms with Crippen LogP contribution in [0.15, 0.2) is 24.3 Å². The maximum Gasteiger partial charge on any atom is 0.127 e. The standard InChI is InChI=1S/C14H18FN3.ClH/c1-9-5-6-10(15)7-11(9)18-13(16)8-12(17-18)14(2,3)4;/h5-8H,16H2,1-4H3;1H. The molecule has 0 saturated carbocycles. The molecule has 0 amide bonds. The second-order valence-corrected chi connectivity index (χ2v) is 5.55. The molecule has 3 nitrogen and oxygen atoms in total. The molecular weight excluding hydrogens is 265 g/mol. The quantitative estimate of drug-likeness (QED) is 0.869. The second-order valence-electron chi connectivity index (χ2n) is 5.55. The summed E-state index contributed by atoms with van der Waals surface area (Å²) in [6.45, 7) is 8.11. The predicted molar refractivity (Wildman–Crippen MR) is 78.6 cm³/mol. The van der Waals surface area contributed by atoms with Crippen LogP contribution in [0.1, 0.15) is 32.0 Å². The van der Waals surface area contributed by atoms with Gasteiger partial charge in [-0.3, -0.25) is 0 Å². The lowest BCUT2D eigenvalue weighted by atomic mass is 9.92. The minimum Gasteiger partial charge on any atom is -0.384 e. The summed E-state index contributed by atoms with van der Waals surface area (Å²) < 4.78 is 14.9. The summed E-state index contributed by atoms with van der Waals surface area (Å²) in [6, 6.07) is 6.45. The van der Waals surface area contributed by atoms with Crippen molar-refractivity contribution in [2.45, 2.75) is 33.1 Å². The van der Waals surface area contributed by atoms with Gasteiger partial charge in [-0.1, -0.05) is 26.8 Å². The Morgan fingerprint density at radius 1 is 1.21 bits per heavy atom. The van der Waals surface area contributed by atoms with Gasteiger partial charge in [0.2, 0.25) is 0 Å². The minimum atomic E-state index is -0.289. The van der Waals surface area contributed by atoms with Gasteiger partial charge in [-0.05, 0) is 24.6 Å². The minimum absolute atomic E-state index is 0. The van der Waals surface area contributed by atoms with Crippen molar-refractivity contribution in [3.63, 3.8) is 0 Å². The first-order valence-corrected chi connectivity index (χ1v) is 5.91. The first-order chi connectivity index (χ1) is 8.29. The molecule has 19 heavy (non-hydrogen) atoms. The molecule has 0 spiro atoms. The van der Waals surface area contributed by atoms with Gasteiger partial charge in [0.05, 0.1) is 11.4 Å². The van der Waals surface area contributed by atoms with Crippen molar-refractivity contribution >= 4 is 18.2 Å². The lowest BCUT2D eigenvalue weighted by Gasteiger charge is -2.14. The third-order valence-corrected chi connectivity index (χ3v) is 2.90. The smallest absolute Gasteiger partial charge is 0.127 e. The summed E-state index contributed by atoms with van der Waals surface area (Å²) in [7, 11) is 0. The Balaban J connectivity index is 0.00000180. The fourth-order valence-electron chi connectivity index (χ4n) is 1.77. The third kappa shape index (κ3) is 3.07. The summed E-state index contributed by atoms with van der Waals surface area (Å²) in [6.07, 6.45) is 0. The number of rotatable bonds is 1. The van der Waals surface area contributed by atoms with Crippen molar-refractivity contribution in [3.8, 4) is 5.69 Å². The number of hydrogen-bond acceptors (Lipinski definition) is 2. The van der Waals surface area contributed by atoms with E-state index in [-0.39, 0.29) is 23.6 Å². The number of nitrogens with zero attached hydrogens (tertiary/aromatic N) is 2. The molecule has 0 aliphatic rings. The van der Waals surface area contributed by atoms with E-state index in [4.69, 9.17) is 5.73 Å². The fourth-order valence-corrected chi connectivity index (χ4v) is 1.77. The monoisotopic (exact) mass is 283 g/mol. The molecule has 104 valence electrons. The van der Waals surface area contributed by atoms with Crippen LogP contribution in [0.5, 0.6) is 0 Å². The number of aryl methyl sites for hydroxylation is 1. The van der Waals surface area contributed by atoms with Crippen LogP contribution in [0.2, 0.25) is 0 Å². The number of halogens is 2. The van der Waals surface area contributed by atoms with E-state index in [2.05, 4.69) is 25.9 Å². The SMILES string of the molecule is Cc1ccc(F)cc1-n1nc(C(C)(C)C)cc1N.Cl. The average molecular weight is 284 g/mol. The zero-order valence-electron chi connectivity index (χ0n) is 11.6. The Kier molecular flexibility index (Phi) is 4.25. The summed E-state index contributed by atoms with van der Waals surface area (Å²) >= 11 is 0. The Morgan fingerprint density at radius 3 is 2.37 bits per heavy atom. The van der Waals surface area contributed by atoms with Gasteiger partial charge < -0.3 is 5.73 Å². The van der Waals surface area contributed by atoms with Gasteiger partial charge in [-0.15, -0.1) is 12.4 Å². The van der Waals surface area contributed by atoms with E-state index in [1.807, 2.05) is 13.0 Å². The van der Waals surface area contributed by atoms with Crippen LogP contribution in [0.4, 0.5) is 10.2 Å². The van der Waals surface area contributed by atoms with Gasteiger partial charge in [0.15, 0.2) is 0 Å². The van der Waals surface area contributed by atoms with E-state index in [9.17, 15) is 4.39 Å². The molecule has 2 N–H and O–H groups in total. The highest BCUT2D eigenvalue weighted by molar-refractivity contribution is 5.85. The number of hydrogen-bond donors (Lipinski definition) is 1. The highest BCUT2D eigenvalue weighted by Crippen LogP contribution is 2.26. The van der Waals surface area contributed by atoms with Crippen LogP contribution >= 0.6 is 12.4 Å². The van der Waals surface area contributed by atoms with E-state index < -0.39 is 0 Å². The zero-order chi connectivity index (χ0) is 13.5. The number of benzene rings is 1. The van der Waals surface area contributed by atoms with E-state index in [1.165, 1.54) is 12.1 Å². The van der Waals surface area contributed by atoms with E-state index in [1.54, 1.807) is 10.7 Å². The Labute approximate surface area is 119 Å². The molecule has 0 aliphatic carbocycles. The highest BCUT2D eigenvalue weighted by atomic mass is 35.5. The van der Waals surface area contributed by atoms with Crippen molar-refractivity contribution in [2.75, 3.05) is 5.73 Å². The molecule has 2 rings (SSSR count). The van der Waals surface area contributed by atoms with Crippen molar-refractivity contribution in [1.29, 1.82) is 0 Å². The number of anilines is 1. The fraction of sp³-hybridized carbons (Fsp3) is 0.357. The number of aromatic nitrogens is 2. The van der Waals surface area contributed by atoms with Crippen molar-refractivity contribution in [2.24, 2.45) is 0 Å². The van der Waals surface area contributed by atoms with Crippen LogP contribution < -0.4 is 5.73 Å². The molecule has 0 bridgehead atoms. The van der Waals surface area contributed by atoms with Crippen molar-refractivity contribution in [1.82, 2.24) is 9.78 Å². The van der Waals surface area contributed by atoms with Crippen LogP contribution in [0, 0.1) is 12.7 Å². The maximum atomic E-state index is 13.3. The first kappa shape index (κ1) is 15.5. The third-order valence-electron chi connectivity index (χ3n) is 2.90. The predicted octanol–water partition coefficient (Wildman–Crippen LogP) is 3.62. The molecule has 2 aromatic rings. The molecule has 1 aromatic carbocycles. The lowest BCUT2D eigenvalue weighted by Crippen LogP contribution is -2.13. The molecule has 1 heterocycles. The second kappa shape index (κ2) is 5.21. The largest absolute Gasteiger partial charge is 0.384 e. The molecule has 0 saturated heterocycles. The summed E-state index contributed by atoms with van der Waals surface area (Å²) in [4.78, 5) is 0. The van der Waals surface area contributed by atoms with Gasteiger partial charge in [0, 0.05) is 11.5 Å². The topological polar surface area (TPSA) is 43.8 Å². The van der Waals surface area contributed by atoms with Crippen LogP contribution in [0.3, 0.4) is 0 Å². The number of nitrogen functional groups attached to an aromatic ring is 1. The first-order valence-electron chi connectivity index (χ1n) is 5.91. The van der Waals surface area contributed by atoms with Gasteiger partial charge in [0.25, 0.3) is 0 Å². The van der Waals surface area contributed by atoms with E-state index in [0.717, 1.165) is 11.3 Å². The van der Waals surface area contributed by atoms with Gasteiger partial charge in [-0.2, -0.15) is 5.10 Å². The Morgan fingerprint density at radius 2 is 1.84 bits per heavy atom. The van der Waals surface area contributed by atoms with Crippen LogP contribution in [-0.4, -0.2) is 9.78 Å². The maximum absolute atomic E-state index is 13.3. The Hall–Kier alpha value is -1.55. The van der Waals surface area contributed by atoms with Crippen LogP contribution in [0.25, 0.3) is 5.69 Å². The van der Waals surface area contributed by atoms with Crippen molar-refractivity contribution < 1.29 is 4.39 Å². The molecule has 0 radical (unpaired) electrons. The summed E-state index contributed by atoms with van der Waals surface area (Å²) in [5.74, 6) is 0.233. The van der Waals surface area contributed by atoms with Gasteiger partial charge in [-0.25, -0.2) is 9.07 Å². The molecular formula is C14H19ClFN3. The normalized spacial score (nSPS) is 11.2. The summed E-state index contributed by atoms with van der Waals surface area (Å²) in [5, 5.41) is 4.48. The molecule has 0 fully saturated rings. The highest BCUT2D eigenvalue weighted by Gasteiger charge is 2.20. The molecule has 1 aromatic heterocycles. The molecule has 0 unspecified atom stereocenters. The van der Waals surface area contributed by atoms with E-state index in [0.29, 0.717) is 11.5 Å².